The number of likely N-dealkylation sites (tertiary alicyclic amines) is 1. The van der Waals surface area contributed by atoms with E-state index in [0.717, 1.165) is 97.9 Å². The number of aromatic nitrogens is 3. The molecule has 2 amide bonds. The number of piperidine rings is 1. The fourth-order valence-electron chi connectivity index (χ4n) is 5.96. The third kappa shape index (κ3) is 5.12. The predicted octanol–water partition coefficient (Wildman–Crippen LogP) is 5.67. The first kappa shape index (κ1) is 26.5. The van der Waals surface area contributed by atoms with Crippen LogP contribution in [-0.2, 0) is 22.4 Å². The van der Waals surface area contributed by atoms with Crippen molar-refractivity contribution in [2.24, 2.45) is 5.92 Å². The van der Waals surface area contributed by atoms with E-state index in [1.54, 1.807) is 4.90 Å². The van der Waals surface area contributed by atoms with Crippen molar-refractivity contribution < 1.29 is 9.59 Å². The van der Waals surface area contributed by atoms with Gasteiger partial charge in [-0.2, -0.15) is 5.10 Å². The van der Waals surface area contributed by atoms with Gasteiger partial charge in [-0.3, -0.25) is 9.59 Å². The number of rotatable bonds is 7. The number of carbonyl (C=O) groups is 2. The Hall–Kier alpha value is -2.75. The second-order valence-corrected chi connectivity index (χ2v) is 12.4. The topological polar surface area (TPSA) is 83.4 Å². The van der Waals surface area contributed by atoms with Crippen LogP contribution in [0, 0.1) is 5.92 Å². The molecule has 3 aliphatic rings. The first-order chi connectivity index (χ1) is 18.8. The van der Waals surface area contributed by atoms with Crippen molar-refractivity contribution >= 4 is 45.6 Å². The Bertz CT molecular complexity index is 1420. The average molecular weight is 567 g/mol. The predicted molar refractivity (Wildman–Crippen MR) is 156 cm³/mol. The van der Waals surface area contributed by atoms with E-state index in [2.05, 4.69) is 17.1 Å². The van der Waals surface area contributed by atoms with E-state index in [1.807, 2.05) is 29.9 Å². The van der Waals surface area contributed by atoms with Gasteiger partial charge in [0, 0.05) is 37.1 Å². The molecule has 0 spiro atoms. The molecule has 2 fully saturated rings. The number of amides is 2. The molecule has 3 heterocycles. The van der Waals surface area contributed by atoms with Gasteiger partial charge in [0.2, 0.25) is 11.8 Å². The molecular weight excluding hydrogens is 532 g/mol. The quantitative estimate of drug-likeness (QED) is 0.398. The number of carbonyl (C=O) groups excluding carboxylic acids is 2. The first-order valence-corrected chi connectivity index (χ1v) is 15.2. The smallest absolute Gasteiger partial charge is 0.229 e. The van der Waals surface area contributed by atoms with Gasteiger partial charge in [0.1, 0.15) is 0 Å². The van der Waals surface area contributed by atoms with Gasteiger partial charge in [0.15, 0.2) is 5.13 Å². The number of thiazole rings is 1. The second-order valence-electron chi connectivity index (χ2n) is 11.0. The lowest BCUT2D eigenvalue weighted by molar-refractivity contribution is -0.123. The molecule has 10 heteroatoms. The minimum Gasteiger partial charge on any atom is -0.315 e. The molecule has 2 aliphatic carbocycles. The normalized spacial score (nSPS) is 17.5. The van der Waals surface area contributed by atoms with Crippen LogP contribution in [0.25, 0.3) is 16.3 Å². The molecule has 1 N–H and O–H groups in total. The Labute approximate surface area is 238 Å². The number of aryl methyl sites for hydroxylation is 1. The van der Waals surface area contributed by atoms with E-state index in [0.29, 0.717) is 16.1 Å². The highest BCUT2D eigenvalue weighted by Crippen LogP contribution is 2.48. The number of nitrogens with one attached hydrogen (secondary N) is 1. The summed E-state index contributed by atoms with van der Waals surface area (Å²) in [5.41, 5.74) is 6.03. The minimum atomic E-state index is -0.127. The monoisotopic (exact) mass is 566 g/mol. The molecule has 3 aromatic rings. The molecular formula is C29H35ClN6O2S. The van der Waals surface area contributed by atoms with E-state index in [-0.39, 0.29) is 17.7 Å². The van der Waals surface area contributed by atoms with Crippen molar-refractivity contribution in [3.8, 4) is 16.3 Å². The molecule has 1 saturated carbocycles. The number of hydrogen-bond donors (Lipinski definition) is 1. The maximum absolute atomic E-state index is 13.3. The molecule has 0 atom stereocenters. The fraction of sp³-hybridized carbons (Fsp3) is 0.517. The molecule has 6 rings (SSSR count). The lowest BCUT2D eigenvalue weighted by Crippen LogP contribution is -2.41. The Morgan fingerprint density at radius 3 is 2.62 bits per heavy atom. The molecule has 206 valence electrons. The summed E-state index contributed by atoms with van der Waals surface area (Å²) in [6, 6.07) is 5.82. The summed E-state index contributed by atoms with van der Waals surface area (Å²) in [5.74, 6) is 0.567. The van der Waals surface area contributed by atoms with Crippen LogP contribution in [0.3, 0.4) is 0 Å². The third-order valence-corrected chi connectivity index (χ3v) is 9.46. The number of hydrogen-bond acceptors (Lipinski definition) is 6. The molecule has 0 unspecified atom stereocenters. The largest absolute Gasteiger partial charge is 0.315 e. The molecule has 1 aromatic carbocycles. The summed E-state index contributed by atoms with van der Waals surface area (Å²) in [5, 5.41) is 9.11. The van der Waals surface area contributed by atoms with Crippen LogP contribution in [0.1, 0.15) is 68.8 Å². The van der Waals surface area contributed by atoms with Crippen LogP contribution in [0.2, 0.25) is 5.02 Å². The molecule has 8 nitrogen and oxygen atoms in total. The van der Waals surface area contributed by atoms with E-state index >= 15 is 0 Å². The van der Waals surface area contributed by atoms with E-state index in [4.69, 9.17) is 21.7 Å². The van der Waals surface area contributed by atoms with Gasteiger partial charge >= 0.3 is 0 Å². The molecule has 39 heavy (non-hydrogen) atoms. The maximum Gasteiger partial charge on any atom is 0.229 e. The highest BCUT2D eigenvalue weighted by atomic mass is 35.5. The van der Waals surface area contributed by atoms with Crippen molar-refractivity contribution in [3.05, 3.63) is 40.2 Å². The van der Waals surface area contributed by atoms with Gasteiger partial charge in [0.05, 0.1) is 32.7 Å². The molecule has 0 radical (unpaired) electrons. The van der Waals surface area contributed by atoms with Crippen LogP contribution >= 0.6 is 22.9 Å². The van der Waals surface area contributed by atoms with Crippen molar-refractivity contribution in [2.45, 2.75) is 64.7 Å². The highest BCUT2D eigenvalue weighted by Gasteiger charge is 2.36. The van der Waals surface area contributed by atoms with Gasteiger partial charge in [0.25, 0.3) is 0 Å². The van der Waals surface area contributed by atoms with E-state index in [1.165, 1.54) is 23.8 Å². The number of anilines is 2. The lowest BCUT2D eigenvalue weighted by atomic mass is 9.95. The standard InChI is InChI=1S/C29H35ClN6O2S/c1-4-13-35-14-11-19(12-15-35)28(38)34(3)20-7-10-24(22(30)16-20)36-26-21(25(33-36)18-5-6-18)8-9-23-27(26)39-29(32-23)31-17(2)37/h7,10,16,18-19H,4-6,8-9,11-15H2,1-3H3,(H,31,32,37). The Morgan fingerprint density at radius 1 is 1.18 bits per heavy atom. The first-order valence-electron chi connectivity index (χ1n) is 14.0. The Balaban J connectivity index is 1.30. The van der Waals surface area contributed by atoms with Gasteiger partial charge < -0.3 is 15.1 Å². The number of halogens is 1. The Morgan fingerprint density at radius 2 is 1.95 bits per heavy atom. The zero-order valence-corrected chi connectivity index (χ0v) is 24.4. The van der Waals surface area contributed by atoms with Crippen LogP contribution in [0.4, 0.5) is 10.8 Å². The summed E-state index contributed by atoms with van der Waals surface area (Å²) < 4.78 is 1.97. The zero-order chi connectivity index (χ0) is 27.3. The van der Waals surface area contributed by atoms with E-state index in [9.17, 15) is 9.59 Å². The second kappa shape index (κ2) is 10.7. The third-order valence-electron chi connectivity index (χ3n) is 8.14. The summed E-state index contributed by atoms with van der Waals surface area (Å²) in [4.78, 5) is 35.0. The SMILES string of the molecule is CCCN1CCC(C(=O)N(C)c2ccc(-n3nc(C4CC4)c4c3-c3sc(NC(C)=O)nc3CC4)c(Cl)c2)CC1. The average Bonchev–Trinajstić information content (AvgIpc) is 3.57. The maximum atomic E-state index is 13.3. The number of nitrogens with zero attached hydrogens (tertiary/aromatic N) is 5. The van der Waals surface area contributed by atoms with Crippen molar-refractivity contribution in [1.82, 2.24) is 19.7 Å². The van der Waals surface area contributed by atoms with Crippen molar-refractivity contribution in [3.63, 3.8) is 0 Å². The minimum absolute atomic E-state index is 0.0448. The van der Waals surface area contributed by atoms with Gasteiger partial charge in [-0.15, -0.1) is 0 Å². The summed E-state index contributed by atoms with van der Waals surface area (Å²) in [7, 11) is 1.85. The number of benzene rings is 1. The Kier molecular flexibility index (Phi) is 7.24. The van der Waals surface area contributed by atoms with E-state index < -0.39 is 0 Å². The van der Waals surface area contributed by atoms with Crippen LogP contribution < -0.4 is 10.2 Å². The molecule has 1 aliphatic heterocycles. The summed E-state index contributed by atoms with van der Waals surface area (Å²) >= 11 is 8.42. The number of fused-ring (bicyclic) bond motifs is 3. The molecule has 1 saturated heterocycles. The van der Waals surface area contributed by atoms with Gasteiger partial charge in [-0.25, -0.2) is 9.67 Å². The molecule has 2 aromatic heterocycles. The van der Waals surface area contributed by atoms with Crippen LogP contribution in [0.15, 0.2) is 18.2 Å². The summed E-state index contributed by atoms with van der Waals surface area (Å²) in [6.45, 7) is 6.76. The van der Waals surface area contributed by atoms with Gasteiger partial charge in [-0.05, 0) is 82.8 Å². The van der Waals surface area contributed by atoms with Gasteiger partial charge in [-0.1, -0.05) is 29.9 Å². The summed E-state index contributed by atoms with van der Waals surface area (Å²) in [6.07, 6.45) is 6.97. The van der Waals surface area contributed by atoms with Crippen LogP contribution in [-0.4, -0.2) is 58.2 Å². The highest BCUT2D eigenvalue weighted by molar-refractivity contribution is 7.19. The fourth-order valence-corrected chi connectivity index (χ4v) is 7.33. The molecule has 0 bridgehead atoms. The lowest BCUT2D eigenvalue weighted by Gasteiger charge is -2.33. The van der Waals surface area contributed by atoms with Crippen molar-refractivity contribution in [1.29, 1.82) is 0 Å². The zero-order valence-electron chi connectivity index (χ0n) is 22.8. The van der Waals surface area contributed by atoms with Crippen molar-refractivity contribution in [2.75, 3.05) is 36.9 Å². The van der Waals surface area contributed by atoms with Crippen LogP contribution in [0.5, 0.6) is 0 Å².